The minimum Gasteiger partial charge on any atom is -0.342 e. The summed E-state index contributed by atoms with van der Waals surface area (Å²) in [7, 11) is -2.22. The molecule has 0 spiro atoms. The van der Waals surface area contributed by atoms with Crippen LogP contribution in [-0.2, 0) is 17.1 Å². The minimum atomic E-state index is -3.95. The number of nitrogens with zero attached hydrogens (tertiary/aromatic N) is 5. The first-order chi connectivity index (χ1) is 13.3. The number of piperidine rings is 1. The molecule has 144 valence electrons. The van der Waals surface area contributed by atoms with E-state index in [1.165, 1.54) is 27.4 Å². The zero-order chi connectivity index (χ0) is 19.8. The molecule has 1 aromatic carbocycles. The molecule has 5 rings (SSSR count). The maximum Gasteiger partial charge on any atom is 0.259 e. The summed E-state index contributed by atoms with van der Waals surface area (Å²) in [5.41, 5.74) is 1.27. The van der Waals surface area contributed by atoms with E-state index in [4.69, 9.17) is 0 Å². The Morgan fingerprint density at radius 2 is 2.18 bits per heavy atom. The SMILES string of the molecule is Cc1cc(F)c2[nH]c(S(=O)(=O)N3C[C@@H]4CC4[C@@H]3C#N)cc2c1-c1ncn(C)n1. The fourth-order valence-corrected chi connectivity index (χ4v) is 5.85. The van der Waals surface area contributed by atoms with Crippen LogP contribution in [0.3, 0.4) is 0 Å². The molecule has 2 aromatic heterocycles. The summed E-state index contributed by atoms with van der Waals surface area (Å²) >= 11 is 0. The molecule has 2 fully saturated rings. The third-order valence-electron chi connectivity index (χ3n) is 5.69. The van der Waals surface area contributed by atoms with Crippen molar-refractivity contribution in [1.82, 2.24) is 24.1 Å². The van der Waals surface area contributed by atoms with Gasteiger partial charge < -0.3 is 4.98 Å². The number of sulfonamides is 1. The number of hydrogen-bond acceptors (Lipinski definition) is 5. The van der Waals surface area contributed by atoms with E-state index in [9.17, 15) is 18.1 Å². The van der Waals surface area contributed by atoms with E-state index in [-0.39, 0.29) is 22.4 Å². The van der Waals surface area contributed by atoms with Gasteiger partial charge in [-0.1, -0.05) is 0 Å². The molecular formula is C18H17FN6O2S. The Hall–Kier alpha value is -2.77. The van der Waals surface area contributed by atoms with Crippen molar-refractivity contribution in [3.05, 3.63) is 29.8 Å². The van der Waals surface area contributed by atoms with Crippen molar-refractivity contribution < 1.29 is 12.8 Å². The Balaban J connectivity index is 1.68. The fourth-order valence-electron chi connectivity index (χ4n) is 4.21. The highest BCUT2D eigenvalue weighted by molar-refractivity contribution is 7.89. The molecule has 3 aromatic rings. The maximum absolute atomic E-state index is 14.6. The molecule has 1 N–H and O–H groups in total. The maximum atomic E-state index is 14.6. The Morgan fingerprint density at radius 3 is 2.86 bits per heavy atom. The summed E-state index contributed by atoms with van der Waals surface area (Å²) in [6, 6.07) is 4.21. The van der Waals surface area contributed by atoms with E-state index >= 15 is 0 Å². The van der Waals surface area contributed by atoms with Crippen LogP contribution in [0.25, 0.3) is 22.3 Å². The summed E-state index contributed by atoms with van der Waals surface area (Å²) in [5.74, 6) is 0.201. The zero-order valence-electron chi connectivity index (χ0n) is 15.2. The van der Waals surface area contributed by atoms with Gasteiger partial charge in [0.2, 0.25) is 0 Å². The number of aryl methyl sites for hydroxylation is 2. The minimum absolute atomic E-state index is 0.0875. The number of aromatic amines is 1. The van der Waals surface area contributed by atoms with Crippen molar-refractivity contribution in [2.24, 2.45) is 18.9 Å². The lowest BCUT2D eigenvalue weighted by Gasteiger charge is -2.20. The number of nitrogens with one attached hydrogen (secondary N) is 1. The number of H-pyrrole nitrogens is 1. The molecule has 0 amide bonds. The molecule has 0 radical (unpaired) electrons. The molecule has 1 aliphatic carbocycles. The van der Waals surface area contributed by atoms with Crippen molar-refractivity contribution in [3.63, 3.8) is 0 Å². The van der Waals surface area contributed by atoms with Crippen molar-refractivity contribution in [1.29, 1.82) is 5.26 Å². The quantitative estimate of drug-likeness (QED) is 0.723. The third-order valence-corrected chi connectivity index (χ3v) is 7.46. The van der Waals surface area contributed by atoms with Crippen LogP contribution in [0.1, 0.15) is 12.0 Å². The van der Waals surface area contributed by atoms with E-state index in [1.54, 1.807) is 14.0 Å². The number of rotatable bonds is 3. The highest BCUT2D eigenvalue weighted by Crippen LogP contribution is 2.51. The van der Waals surface area contributed by atoms with Crippen LogP contribution in [0.15, 0.2) is 23.5 Å². The van der Waals surface area contributed by atoms with Crippen molar-refractivity contribution in [3.8, 4) is 17.5 Å². The van der Waals surface area contributed by atoms with Crippen LogP contribution in [-0.4, -0.2) is 45.1 Å². The van der Waals surface area contributed by atoms with Gasteiger partial charge in [0.15, 0.2) is 5.82 Å². The number of benzene rings is 1. The topological polar surface area (TPSA) is 108 Å². The lowest BCUT2D eigenvalue weighted by Crippen LogP contribution is -2.37. The van der Waals surface area contributed by atoms with Gasteiger partial charge >= 0.3 is 0 Å². The van der Waals surface area contributed by atoms with E-state index in [2.05, 4.69) is 21.1 Å². The predicted octanol–water partition coefficient (Wildman–Crippen LogP) is 1.94. The van der Waals surface area contributed by atoms with Crippen molar-refractivity contribution in [2.75, 3.05) is 6.54 Å². The van der Waals surface area contributed by atoms with Crippen LogP contribution in [0, 0.1) is 35.9 Å². The van der Waals surface area contributed by atoms with Crippen LogP contribution in [0.5, 0.6) is 0 Å². The van der Waals surface area contributed by atoms with E-state index in [0.717, 1.165) is 6.42 Å². The first-order valence-corrected chi connectivity index (χ1v) is 10.3. The number of hydrogen-bond donors (Lipinski definition) is 1. The standard InChI is InChI=1S/C18H17FN6O2S/c1-9-3-13(19)17-12(16(9)18-21-8-24(2)23-18)5-15(22-17)28(26,27)25-7-10-4-11(10)14(25)6-20/h3,5,8,10-11,14,22H,4,7H2,1-2H3/t10-,11?,14-/m0/s1. The van der Waals surface area contributed by atoms with Crippen LogP contribution in [0.2, 0.25) is 0 Å². The number of aromatic nitrogens is 4. The van der Waals surface area contributed by atoms with Crippen molar-refractivity contribution in [2.45, 2.75) is 24.4 Å². The van der Waals surface area contributed by atoms with Gasteiger partial charge in [0.25, 0.3) is 10.0 Å². The Bertz CT molecular complexity index is 1270. The Morgan fingerprint density at radius 1 is 1.39 bits per heavy atom. The summed E-state index contributed by atoms with van der Waals surface area (Å²) < 4.78 is 43.7. The van der Waals surface area contributed by atoms with E-state index in [1.807, 2.05) is 0 Å². The van der Waals surface area contributed by atoms with Gasteiger partial charge in [0.05, 0.1) is 11.6 Å². The average Bonchev–Trinajstić information content (AvgIpc) is 3.01. The summed E-state index contributed by atoms with van der Waals surface area (Å²) in [5, 5.41) is 14.0. The monoisotopic (exact) mass is 400 g/mol. The van der Waals surface area contributed by atoms with Gasteiger partial charge in [-0.15, -0.1) is 0 Å². The zero-order valence-corrected chi connectivity index (χ0v) is 16.0. The number of nitriles is 1. The molecule has 8 nitrogen and oxygen atoms in total. The first kappa shape index (κ1) is 17.3. The molecular weight excluding hydrogens is 383 g/mol. The Labute approximate surface area is 160 Å². The summed E-state index contributed by atoms with van der Waals surface area (Å²) in [6.45, 7) is 2.06. The predicted molar refractivity (Wildman–Crippen MR) is 97.9 cm³/mol. The molecule has 1 unspecified atom stereocenters. The van der Waals surface area contributed by atoms with Crippen LogP contribution < -0.4 is 0 Å². The molecule has 3 heterocycles. The highest BCUT2D eigenvalue weighted by Gasteiger charge is 2.56. The average molecular weight is 400 g/mol. The summed E-state index contributed by atoms with van der Waals surface area (Å²) in [6.07, 6.45) is 2.42. The summed E-state index contributed by atoms with van der Waals surface area (Å²) in [4.78, 5) is 6.95. The fraction of sp³-hybridized carbons (Fsp3) is 0.389. The second kappa shape index (κ2) is 5.62. The van der Waals surface area contributed by atoms with Gasteiger partial charge in [0, 0.05) is 24.5 Å². The second-order valence-corrected chi connectivity index (χ2v) is 9.38. The van der Waals surface area contributed by atoms with E-state index in [0.29, 0.717) is 28.9 Å². The lowest BCUT2D eigenvalue weighted by molar-refractivity contribution is 0.394. The number of halogens is 1. The number of fused-ring (bicyclic) bond motifs is 2. The molecule has 1 saturated carbocycles. The molecule has 0 bridgehead atoms. The normalized spacial score (nSPS) is 24.4. The Kier molecular flexibility index (Phi) is 3.48. The van der Waals surface area contributed by atoms with Gasteiger partial charge in [-0.3, -0.25) is 4.68 Å². The molecule has 1 saturated heterocycles. The largest absolute Gasteiger partial charge is 0.342 e. The van der Waals surface area contributed by atoms with Gasteiger partial charge in [-0.25, -0.2) is 17.8 Å². The molecule has 3 atom stereocenters. The highest BCUT2D eigenvalue weighted by atomic mass is 32.2. The molecule has 10 heteroatoms. The molecule has 1 aliphatic heterocycles. The van der Waals surface area contributed by atoms with Gasteiger partial charge in [-0.05, 0) is 42.9 Å². The van der Waals surface area contributed by atoms with E-state index < -0.39 is 21.9 Å². The first-order valence-electron chi connectivity index (χ1n) is 8.90. The van der Waals surface area contributed by atoms with Gasteiger partial charge in [0.1, 0.15) is 23.2 Å². The van der Waals surface area contributed by atoms with Gasteiger partial charge in [-0.2, -0.15) is 14.7 Å². The third kappa shape index (κ3) is 2.33. The lowest BCUT2D eigenvalue weighted by atomic mass is 10.0. The molecule has 28 heavy (non-hydrogen) atoms. The van der Waals surface area contributed by atoms with Crippen molar-refractivity contribution >= 4 is 20.9 Å². The van der Waals surface area contributed by atoms with Crippen LogP contribution >= 0.6 is 0 Å². The smallest absolute Gasteiger partial charge is 0.259 e. The molecule has 2 aliphatic rings. The second-order valence-electron chi connectivity index (χ2n) is 7.52. The van der Waals surface area contributed by atoms with Crippen LogP contribution in [0.4, 0.5) is 4.39 Å².